The van der Waals surface area contributed by atoms with Crippen LogP contribution in [0.5, 0.6) is 5.88 Å². The largest absolute Gasteiger partial charge is 0.466 e. The summed E-state index contributed by atoms with van der Waals surface area (Å²) in [6.07, 6.45) is 1.57. The maximum Gasteiger partial charge on any atom is 0.277 e. The summed E-state index contributed by atoms with van der Waals surface area (Å²) in [6.45, 7) is 3.65. The summed E-state index contributed by atoms with van der Waals surface area (Å²) in [5.74, 6) is -0.726. The number of ketones is 1. The molecule has 1 aromatic heterocycles. The van der Waals surface area contributed by atoms with Crippen LogP contribution in [0.3, 0.4) is 0 Å². The second-order valence-corrected chi connectivity index (χ2v) is 6.44. The van der Waals surface area contributed by atoms with E-state index in [1.807, 2.05) is 50.2 Å². The van der Waals surface area contributed by atoms with Gasteiger partial charge < -0.3 is 10.1 Å². The first-order chi connectivity index (χ1) is 14.0. The third kappa shape index (κ3) is 4.92. The molecule has 1 heterocycles. The van der Waals surface area contributed by atoms with E-state index in [1.54, 1.807) is 18.3 Å². The van der Waals surface area contributed by atoms with Crippen LogP contribution in [0, 0.1) is 13.8 Å². The van der Waals surface area contributed by atoms with E-state index in [2.05, 4.69) is 20.7 Å². The number of aromatic nitrogens is 3. The molecule has 0 aliphatic rings. The number of hydrogen-bond acceptors (Lipinski definition) is 6. The van der Waals surface area contributed by atoms with Crippen molar-refractivity contribution in [3.8, 4) is 5.88 Å². The molecule has 29 heavy (non-hydrogen) atoms. The van der Waals surface area contributed by atoms with Crippen molar-refractivity contribution in [2.75, 3.05) is 13.7 Å². The van der Waals surface area contributed by atoms with Gasteiger partial charge in [-0.05, 0) is 24.6 Å². The van der Waals surface area contributed by atoms with E-state index in [1.165, 1.54) is 7.05 Å². The average Bonchev–Trinajstić information content (AvgIpc) is 3.14. The normalized spacial score (nSPS) is 10.9. The predicted molar refractivity (Wildman–Crippen MR) is 109 cm³/mol. The smallest absolute Gasteiger partial charge is 0.277 e. The molecule has 2 aromatic carbocycles. The second kappa shape index (κ2) is 8.92. The number of carbonyl (C=O) groups excluding carboxylic acids is 2. The predicted octanol–water partition coefficient (Wildman–Crippen LogP) is 2.40. The van der Waals surface area contributed by atoms with Crippen molar-refractivity contribution in [3.05, 3.63) is 76.5 Å². The Kier molecular flexibility index (Phi) is 6.13. The van der Waals surface area contributed by atoms with Crippen molar-refractivity contribution in [1.82, 2.24) is 20.4 Å². The van der Waals surface area contributed by atoms with Crippen LogP contribution in [0.15, 0.2) is 53.6 Å². The summed E-state index contributed by atoms with van der Waals surface area (Å²) in [5.41, 5.74) is 3.49. The van der Waals surface area contributed by atoms with Gasteiger partial charge in [-0.25, -0.2) is 0 Å². The zero-order chi connectivity index (χ0) is 20.8. The molecule has 0 aliphatic carbocycles. The van der Waals surface area contributed by atoms with Crippen molar-refractivity contribution in [1.29, 1.82) is 0 Å². The Labute approximate surface area is 168 Å². The lowest BCUT2D eigenvalue weighted by Crippen LogP contribution is -2.21. The van der Waals surface area contributed by atoms with Crippen LogP contribution in [0.4, 0.5) is 0 Å². The van der Waals surface area contributed by atoms with E-state index in [0.29, 0.717) is 5.56 Å². The highest BCUT2D eigenvalue weighted by atomic mass is 16.5. The Morgan fingerprint density at radius 3 is 2.31 bits per heavy atom. The molecule has 1 amide bonds. The average molecular weight is 391 g/mol. The molecule has 8 heteroatoms. The maximum atomic E-state index is 12.4. The number of aryl methyl sites for hydroxylation is 2. The first-order valence-corrected chi connectivity index (χ1v) is 8.99. The third-order valence-corrected chi connectivity index (χ3v) is 4.16. The minimum Gasteiger partial charge on any atom is -0.466 e. The third-order valence-electron chi connectivity index (χ3n) is 4.16. The van der Waals surface area contributed by atoms with Gasteiger partial charge in [0.25, 0.3) is 11.8 Å². The van der Waals surface area contributed by atoms with Gasteiger partial charge in [-0.2, -0.15) is 5.10 Å². The summed E-state index contributed by atoms with van der Waals surface area (Å²) >= 11 is 0. The van der Waals surface area contributed by atoms with Crippen LogP contribution >= 0.6 is 0 Å². The fraction of sp³-hybridized carbons (Fsp3) is 0.190. The molecular formula is C21H21N5O3. The highest BCUT2D eigenvalue weighted by Gasteiger charge is 2.21. The number of amides is 1. The number of nitrogens with one attached hydrogen (secondary N) is 1. The van der Waals surface area contributed by atoms with Gasteiger partial charge in [-0.1, -0.05) is 64.4 Å². The topological polar surface area (TPSA) is 98.5 Å². The summed E-state index contributed by atoms with van der Waals surface area (Å²) in [7, 11) is 1.47. The quantitative estimate of drug-likeness (QED) is 0.493. The molecule has 148 valence electrons. The second-order valence-electron chi connectivity index (χ2n) is 6.44. The maximum absolute atomic E-state index is 12.4. The first-order valence-electron chi connectivity index (χ1n) is 8.99. The minimum absolute atomic E-state index is 0.00632. The summed E-state index contributed by atoms with van der Waals surface area (Å²) in [4.78, 5) is 25.6. The first kappa shape index (κ1) is 19.9. The molecule has 0 fully saturated rings. The molecular weight excluding hydrogens is 370 g/mol. The molecule has 0 radical (unpaired) electrons. The van der Waals surface area contributed by atoms with Gasteiger partial charge in [-0.15, -0.1) is 5.10 Å². The van der Waals surface area contributed by atoms with Gasteiger partial charge in [0, 0.05) is 12.6 Å². The molecule has 0 spiro atoms. The summed E-state index contributed by atoms with van der Waals surface area (Å²) < 4.78 is 5.60. The Hall–Kier alpha value is -3.81. The van der Waals surface area contributed by atoms with E-state index in [-0.39, 0.29) is 24.0 Å². The van der Waals surface area contributed by atoms with E-state index < -0.39 is 5.91 Å². The zero-order valence-electron chi connectivity index (χ0n) is 16.4. The fourth-order valence-corrected chi connectivity index (χ4v) is 2.46. The molecule has 0 aliphatic heterocycles. The standard InChI is InChI=1S/C21H21N5O3/c1-14-4-8-16(9-5-14)12-23-26-21(19(24-25-26)20(28)22-3)29-13-18(27)17-10-6-15(2)7-11-17/h4-12H,13H2,1-3H3,(H,22,28). The summed E-state index contributed by atoms with van der Waals surface area (Å²) in [5, 5.41) is 14.4. The van der Waals surface area contributed by atoms with Gasteiger partial charge in [0.1, 0.15) is 0 Å². The lowest BCUT2D eigenvalue weighted by molar-refractivity contribution is 0.0898. The van der Waals surface area contributed by atoms with Crippen molar-refractivity contribution in [2.24, 2.45) is 5.10 Å². The number of hydrogen-bond donors (Lipinski definition) is 1. The van der Waals surface area contributed by atoms with Crippen molar-refractivity contribution in [3.63, 3.8) is 0 Å². The van der Waals surface area contributed by atoms with E-state index in [0.717, 1.165) is 21.5 Å². The van der Waals surface area contributed by atoms with Crippen LogP contribution in [0.25, 0.3) is 0 Å². The summed E-state index contributed by atoms with van der Waals surface area (Å²) in [6, 6.07) is 14.9. The molecule has 1 N–H and O–H groups in total. The van der Waals surface area contributed by atoms with Crippen LogP contribution in [0.2, 0.25) is 0 Å². The number of nitrogens with zero attached hydrogens (tertiary/aromatic N) is 4. The molecule has 8 nitrogen and oxygen atoms in total. The Bertz CT molecular complexity index is 1040. The molecule has 0 saturated heterocycles. The molecule has 3 aromatic rings. The SMILES string of the molecule is CNC(=O)c1nnn(N=Cc2ccc(C)cc2)c1OCC(=O)c1ccc(C)cc1. The highest BCUT2D eigenvalue weighted by Crippen LogP contribution is 2.16. The van der Waals surface area contributed by atoms with Gasteiger partial charge in [0.05, 0.1) is 6.21 Å². The molecule has 0 saturated carbocycles. The molecule has 3 rings (SSSR count). The van der Waals surface area contributed by atoms with Gasteiger partial charge in [0.2, 0.25) is 5.69 Å². The number of rotatable bonds is 7. The molecule has 0 bridgehead atoms. The van der Waals surface area contributed by atoms with E-state index >= 15 is 0 Å². The van der Waals surface area contributed by atoms with E-state index in [4.69, 9.17) is 4.74 Å². The number of carbonyl (C=O) groups is 2. The molecule has 0 atom stereocenters. The van der Waals surface area contributed by atoms with Crippen LogP contribution in [0.1, 0.15) is 37.5 Å². The minimum atomic E-state index is -0.487. The van der Waals surface area contributed by atoms with Crippen molar-refractivity contribution >= 4 is 17.9 Å². The zero-order valence-corrected chi connectivity index (χ0v) is 16.4. The number of Topliss-reactive ketones (excluding diaryl/α,β-unsaturated/α-hetero) is 1. The highest BCUT2D eigenvalue weighted by molar-refractivity contribution is 5.98. The van der Waals surface area contributed by atoms with Gasteiger partial charge in [-0.3, -0.25) is 9.59 Å². The molecule has 0 unspecified atom stereocenters. The van der Waals surface area contributed by atoms with Crippen LogP contribution in [-0.4, -0.2) is 46.7 Å². The van der Waals surface area contributed by atoms with Gasteiger partial charge >= 0.3 is 0 Å². The van der Waals surface area contributed by atoms with Crippen molar-refractivity contribution in [2.45, 2.75) is 13.8 Å². The number of benzene rings is 2. The Balaban J connectivity index is 1.82. The van der Waals surface area contributed by atoms with Crippen LogP contribution in [-0.2, 0) is 0 Å². The Morgan fingerprint density at radius 2 is 1.69 bits per heavy atom. The van der Waals surface area contributed by atoms with E-state index in [9.17, 15) is 9.59 Å². The monoisotopic (exact) mass is 391 g/mol. The lowest BCUT2D eigenvalue weighted by Gasteiger charge is -2.07. The Morgan fingerprint density at radius 1 is 1.07 bits per heavy atom. The fourth-order valence-electron chi connectivity index (χ4n) is 2.46. The number of ether oxygens (including phenoxy) is 1. The lowest BCUT2D eigenvalue weighted by atomic mass is 10.1. The van der Waals surface area contributed by atoms with Crippen LogP contribution < -0.4 is 10.1 Å². The van der Waals surface area contributed by atoms with Crippen molar-refractivity contribution < 1.29 is 14.3 Å². The van der Waals surface area contributed by atoms with Gasteiger partial charge in [0.15, 0.2) is 12.4 Å².